The summed E-state index contributed by atoms with van der Waals surface area (Å²) in [6.07, 6.45) is 2.24. The van der Waals surface area contributed by atoms with Crippen molar-refractivity contribution in [3.63, 3.8) is 0 Å². The molecule has 90 valence electrons. The van der Waals surface area contributed by atoms with E-state index in [-0.39, 0.29) is 5.82 Å². The second kappa shape index (κ2) is 4.22. The van der Waals surface area contributed by atoms with Gasteiger partial charge in [0.05, 0.1) is 0 Å². The Morgan fingerprint density at radius 2 is 1.94 bits per heavy atom. The van der Waals surface area contributed by atoms with Crippen LogP contribution in [0.4, 0.5) is 4.39 Å². The summed E-state index contributed by atoms with van der Waals surface area (Å²) < 4.78 is 18.4. The second-order valence-electron chi connectivity index (χ2n) is 4.19. The largest absolute Gasteiger partial charge is 0.422 e. The molecule has 0 unspecified atom stereocenters. The van der Waals surface area contributed by atoms with Gasteiger partial charge in [-0.25, -0.2) is 14.4 Å². The lowest BCUT2D eigenvalue weighted by atomic mass is 10.1. The number of nitrogens with zero attached hydrogens (tertiary/aromatic N) is 2. The Labute approximate surface area is 103 Å². The van der Waals surface area contributed by atoms with Gasteiger partial charge in [-0.1, -0.05) is 12.1 Å². The van der Waals surface area contributed by atoms with Crippen molar-refractivity contribution in [2.45, 2.75) is 13.3 Å². The molecule has 3 nitrogen and oxygen atoms in total. The fourth-order valence-corrected chi connectivity index (χ4v) is 1.85. The van der Waals surface area contributed by atoms with Crippen molar-refractivity contribution in [1.29, 1.82) is 0 Å². The summed E-state index contributed by atoms with van der Waals surface area (Å²) in [6.45, 7) is 1.97. The van der Waals surface area contributed by atoms with Crippen molar-refractivity contribution in [1.82, 2.24) is 9.97 Å². The van der Waals surface area contributed by atoms with Crippen molar-refractivity contribution in [3.05, 3.63) is 59.4 Å². The smallest absolute Gasteiger partial charge is 0.247 e. The molecule has 18 heavy (non-hydrogen) atoms. The Bertz CT molecular complexity index is 689. The van der Waals surface area contributed by atoms with Crippen molar-refractivity contribution < 1.29 is 8.81 Å². The van der Waals surface area contributed by atoms with E-state index in [2.05, 4.69) is 9.97 Å². The van der Waals surface area contributed by atoms with E-state index in [9.17, 15) is 4.39 Å². The lowest BCUT2D eigenvalue weighted by Crippen LogP contribution is -1.88. The normalized spacial score (nSPS) is 11.0. The molecule has 0 atom stereocenters. The van der Waals surface area contributed by atoms with Crippen LogP contribution in [-0.4, -0.2) is 9.97 Å². The highest BCUT2D eigenvalue weighted by atomic mass is 19.1. The third-order valence-corrected chi connectivity index (χ3v) is 2.81. The highest BCUT2D eigenvalue weighted by molar-refractivity contribution is 5.71. The fraction of sp³-hybridized carbons (Fsp3) is 0.143. The van der Waals surface area contributed by atoms with Gasteiger partial charge in [0.1, 0.15) is 11.3 Å². The van der Waals surface area contributed by atoms with Crippen LogP contribution in [0.2, 0.25) is 0 Å². The number of hydrogen-bond acceptors (Lipinski definition) is 3. The van der Waals surface area contributed by atoms with E-state index in [1.54, 1.807) is 18.3 Å². The van der Waals surface area contributed by atoms with E-state index >= 15 is 0 Å². The molecule has 3 aromatic rings. The topological polar surface area (TPSA) is 38.9 Å². The van der Waals surface area contributed by atoms with Gasteiger partial charge in [-0.05, 0) is 36.2 Å². The Morgan fingerprint density at radius 3 is 2.67 bits per heavy atom. The maximum Gasteiger partial charge on any atom is 0.247 e. The van der Waals surface area contributed by atoms with E-state index in [0.717, 1.165) is 16.6 Å². The molecule has 4 heteroatoms. The average molecular weight is 242 g/mol. The van der Waals surface area contributed by atoms with Gasteiger partial charge in [0.2, 0.25) is 11.6 Å². The summed E-state index contributed by atoms with van der Waals surface area (Å²) in [7, 11) is 0. The first-order valence-corrected chi connectivity index (χ1v) is 5.68. The zero-order chi connectivity index (χ0) is 12.5. The number of benzene rings is 1. The molecular formula is C14H11FN2O. The molecule has 0 amide bonds. The van der Waals surface area contributed by atoms with Crippen LogP contribution in [0.25, 0.3) is 11.2 Å². The molecule has 0 radical (unpaired) electrons. The summed E-state index contributed by atoms with van der Waals surface area (Å²) in [5.74, 6) is 0.354. The minimum atomic E-state index is -0.242. The van der Waals surface area contributed by atoms with Gasteiger partial charge in [0.25, 0.3) is 0 Å². The van der Waals surface area contributed by atoms with Crippen molar-refractivity contribution in [2.75, 3.05) is 0 Å². The number of rotatable bonds is 2. The van der Waals surface area contributed by atoms with Crippen LogP contribution in [0.5, 0.6) is 0 Å². The van der Waals surface area contributed by atoms with Crippen LogP contribution in [-0.2, 0) is 6.42 Å². The number of aryl methyl sites for hydroxylation is 1. The van der Waals surface area contributed by atoms with Gasteiger partial charge in [0.15, 0.2) is 0 Å². The van der Waals surface area contributed by atoms with Crippen LogP contribution in [0.1, 0.15) is 17.0 Å². The van der Waals surface area contributed by atoms with Crippen LogP contribution >= 0.6 is 0 Å². The molecule has 0 N–H and O–H groups in total. The summed E-state index contributed by atoms with van der Waals surface area (Å²) >= 11 is 0. The summed E-state index contributed by atoms with van der Waals surface area (Å²) in [5, 5.41) is 0. The summed E-state index contributed by atoms with van der Waals surface area (Å²) in [4.78, 5) is 8.54. The molecule has 0 aliphatic rings. The van der Waals surface area contributed by atoms with Crippen molar-refractivity contribution >= 4 is 11.2 Å². The van der Waals surface area contributed by atoms with Gasteiger partial charge in [-0.15, -0.1) is 0 Å². The first-order valence-electron chi connectivity index (χ1n) is 5.68. The zero-order valence-electron chi connectivity index (χ0n) is 9.85. The van der Waals surface area contributed by atoms with Gasteiger partial charge in [0, 0.05) is 12.6 Å². The third kappa shape index (κ3) is 1.97. The molecule has 0 aliphatic carbocycles. The highest BCUT2D eigenvalue weighted by Crippen LogP contribution is 2.18. The number of oxazole rings is 1. The number of aromatic nitrogens is 2. The minimum Gasteiger partial charge on any atom is -0.422 e. The maximum atomic E-state index is 12.8. The van der Waals surface area contributed by atoms with Crippen LogP contribution < -0.4 is 0 Å². The number of pyridine rings is 1. The van der Waals surface area contributed by atoms with E-state index < -0.39 is 0 Å². The van der Waals surface area contributed by atoms with E-state index in [1.807, 2.05) is 13.0 Å². The molecule has 1 aromatic carbocycles. The Balaban J connectivity index is 1.95. The standard InChI is InChI=1S/C14H11FN2O/c1-9-6-7-16-14-13(9)17-12(18-14)8-10-2-4-11(15)5-3-10/h2-7H,8H2,1H3. The zero-order valence-corrected chi connectivity index (χ0v) is 9.85. The first-order chi connectivity index (χ1) is 8.72. The SMILES string of the molecule is Cc1ccnc2oc(Cc3ccc(F)cc3)nc12. The van der Waals surface area contributed by atoms with Crippen LogP contribution in [0.15, 0.2) is 40.9 Å². The lowest BCUT2D eigenvalue weighted by Gasteiger charge is -1.96. The maximum absolute atomic E-state index is 12.8. The molecule has 0 spiro atoms. The van der Waals surface area contributed by atoms with Gasteiger partial charge < -0.3 is 4.42 Å². The second-order valence-corrected chi connectivity index (χ2v) is 4.19. The molecular weight excluding hydrogens is 231 g/mol. The average Bonchev–Trinajstić information content (AvgIpc) is 2.76. The van der Waals surface area contributed by atoms with Crippen molar-refractivity contribution in [3.8, 4) is 0 Å². The molecule has 2 heterocycles. The fourth-order valence-electron chi connectivity index (χ4n) is 1.85. The number of fused-ring (bicyclic) bond motifs is 1. The van der Waals surface area contributed by atoms with Gasteiger partial charge >= 0.3 is 0 Å². The first kappa shape index (κ1) is 10.9. The monoisotopic (exact) mass is 242 g/mol. The van der Waals surface area contributed by atoms with E-state index in [1.165, 1.54) is 12.1 Å². The lowest BCUT2D eigenvalue weighted by molar-refractivity contribution is 0.535. The Kier molecular flexibility index (Phi) is 2.55. The quantitative estimate of drug-likeness (QED) is 0.692. The van der Waals surface area contributed by atoms with Crippen LogP contribution in [0, 0.1) is 12.7 Å². The summed E-state index contributed by atoms with van der Waals surface area (Å²) in [6, 6.07) is 8.21. The van der Waals surface area contributed by atoms with E-state index in [0.29, 0.717) is 18.0 Å². The number of halogens is 1. The Hall–Kier alpha value is -2.23. The minimum absolute atomic E-state index is 0.242. The molecule has 0 fully saturated rings. The Morgan fingerprint density at radius 1 is 1.17 bits per heavy atom. The predicted octanol–water partition coefficient (Wildman–Crippen LogP) is 3.26. The molecule has 0 bridgehead atoms. The molecule has 2 aromatic heterocycles. The summed E-state index contributed by atoms with van der Waals surface area (Å²) in [5.41, 5.74) is 3.33. The molecule has 0 saturated heterocycles. The predicted molar refractivity (Wildman–Crippen MR) is 65.7 cm³/mol. The van der Waals surface area contributed by atoms with E-state index in [4.69, 9.17) is 4.42 Å². The number of hydrogen-bond donors (Lipinski definition) is 0. The van der Waals surface area contributed by atoms with Crippen molar-refractivity contribution in [2.24, 2.45) is 0 Å². The van der Waals surface area contributed by atoms with Gasteiger partial charge in [-0.3, -0.25) is 0 Å². The molecule has 0 aliphatic heterocycles. The molecule has 0 saturated carbocycles. The van der Waals surface area contributed by atoms with Gasteiger partial charge in [-0.2, -0.15) is 0 Å². The third-order valence-electron chi connectivity index (χ3n) is 2.81. The molecule has 3 rings (SSSR count). The van der Waals surface area contributed by atoms with Crippen LogP contribution in [0.3, 0.4) is 0 Å². The highest BCUT2D eigenvalue weighted by Gasteiger charge is 2.09.